The summed E-state index contributed by atoms with van der Waals surface area (Å²) in [6.45, 7) is 28.4. The second-order valence-electron chi connectivity index (χ2n) is 11.0. The van der Waals surface area contributed by atoms with Crippen LogP contribution in [0.1, 0.15) is 0 Å². The van der Waals surface area contributed by atoms with Gasteiger partial charge in [-0.3, -0.25) is 0 Å². The molecule has 0 fully saturated rings. The van der Waals surface area contributed by atoms with Crippen LogP contribution in [0.25, 0.3) is 0 Å². The molecule has 0 bridgehead atoms. The molecule has 0 N–H and O–H groups in total. The molecule has 0 saturated carbocycles. The molecule has 0 aromatic rings. The van der Waals surface area contributed by atoms with Crippen molar-refractivity contribution in [1.82, 2.24) is 0 Å². The Morgan fingerprint density at radius 2 is 1.14 bits per heavy atom. The third kappa shape index (κ3) is 12.7. The minimum absolute atomic E-state index is 0.337. The van der Waals surface area contributed by atoms with Crippen molar-refractivity contribution in [2.45, 2.75) is 90.1 Å². The Kier molecular flexibility index (Phi) is 10.0. The number of carbonyl (C=O) groups excluding carboxylic acids is 1. The van der Waals surface area contributed by atoms with Crippen molar-refractivity contribution in [1.29, 1.82) is 0 Å². The highest BCUT2D eigenvalue weighted by Crippen LogP contribution is 2.31. The fourth-order valence-electron chi connectivity index (χ4n) is 3.51. The van der Waals surface area contributed by atoms with Crippen molar-refractivity contribution in [3.05, 3.63) is 12.2 Å². The highest BCUT2D eigenvalue weighted by Gasteiger charge is 2.43. The topological polar surface area (TPSA) is 54.0 Å². The average molecular weight is 481 g/mol. The summed E-state index contributed by atoms with van der Waals surface area (Å²) in [5, 5.41) is 0. The van der Waals surface area contributed by atoms with Crippen LogP contribution in [-0.2, 0) is 21.9 Å². The lowest BCUT2D eigenvalue weighted by molar-refractivity contribution is -0.136. The van der Waals surface area contributed by atoms with Gasteiger partial charge in [0.2, 0.25) is 0 Å². The van der Waals surface area contributed by atoms with E-state index in [4.69, 9.17) is 17.1 Å². The zero-order valence-corrected chi connectivity index (χ0v) is 25.4. The van der Waals surface area contributed by atoms with Gasteiger partial charge in [0.25, 0.3) is 0 Å². The van der Waals surface area contributed by atoms with Gasteiger partial charge in [0.1, 0.15) is 0 Å². The number of rotatable bonds is 12. The van der Waals surface area contributed by atoms with Gasteiger partial charge in [-0.1, -0.05) is 6.58 Å². The van der Waals surface area contributed by atoms with Crippen LogP contribution < -0.4 is 0 Å². The van der Waals surface area contributed by atoms with E-state index in [1.54, 1.807) is 0 Å². The molecule has 0 aromatic heterocycles. The third-order valence-electron chi connectivity index (χ3n) is 3.89. The van der Waals surface area contributed by atoms with Gasteiger partial charge < -0.3 is 17.1 Å². The zero-order valence-electron chi connectivity index (χ0n) is 20.4. The normalized spacial score (nSPS) is 14.1. The largest absolute Gasteiger partial charge is 0.466 e. The van der Waals surface area contributed by atoms with Gasteiger partial charge in [0.15, 0.2) is 33.3 Å². The highest BCUT2D eigenvalue weighted by atomic mass is 28.5. The van der Waals surface area contributed by atoms with Crippen molar-refractivity contribution < 1.29 is 21.9 Å². The number of ether oxygens (including phenoxy) is 1. The van der Waals surface area contributed by atoms with E-state index >= 15 is 0 Å². The Morgan fingerprint density at radius 1 is 0.714 bits per heavy atom. The summed E-state index contributed by atoms with van der Waals surface area (Å²) < 4.78 is 24.7. The number of esters is 1. The minimum Gasteiger partial charge on any atom is -0.466 e. The predicted octanol–water partition coefficient (Wildman–Crippen LogP) is 5.92. The van der Waals surface area contributed by atoms with Crippen LogP contribution in [0.15, 0.2) is 12.2 Å². The lowest BCUT2D eigenvalue weighted by atomic mass is 10.4. The third-order valence-corrected chi connectivity index (χ3v) is 21.1. The van der Waals surface area contributed by atoms with Crippen LogP contribution in [0.2, 0.25) is 90.1 Å². The molecule has 0 aromatic carbocycles. The van der Waals surface area contributed by atoms with Crippen LogP contribution >= 0.6 is 0 Å². The first-order valence-corrected chi connectivity index (χ1v) is 25.6. The molecule has 28 heavy (non-hydrogen) atoms. The first-order chi connectivity index (χ1) is 12.2. The first kappa shape index (κ1) is 28.2. The molecular weight excluding hydrogens is 437 g/mol. The summed E-state index contributed by atoms with van der Waals surface area (Å²) in [7, 11) is -8.25. The van der Waals surface area contributed by atoms with Crippen LogP contribution in [0, 0.1) is 0 Å². The molecule has 0 heterocycles. The van der Waals surface area contributed by atoms with Gasteiger partial charge in [-0.25, -0.2) is 4.79 Å². The van der Waals surface area contributed by atoms with Crippen molar-refractivity contribution >= 4 is 47.8 Å². The SMILES string of the molecule is C=C(C[Si](C)(C)O[Si](C)(C)CC[Si](C)(O[Si](C)(C)C)O[Si](C)(C)C)C(=O)OC. The molecule has 0 saturated heterocycles. The van der Waals surface area contributed by atoms with Gasteiger partial charge in [-0.15, -0.1) is 0 Å². The lowest BCUT2D eigenvalue weighted by Gasteiger charge is -2.41. The van der Waals surface area contributed by atoms with Crippen LogP contribution in [0.5, 0.6) is 0 Å². The maximum Gasteiger partial charge on any atom is 0.332 e. The van der Waals surface area contributed by atoms with Gasteiger partial charge in [0.05, 0.1) is 7.11 Å². The first-order valence-electron chi connectivity index (χ1n) is 10.1. The van der Waals surface area contributed by atoms with E-state index < -0.39 is 41.8 Å². The molecule has 0 amide bonds. The molecule has 0 rings (SSSR count). The molecular formula is C18H44O5Si5. The van der Waals surface area contributed by atoms with Gasteiger partial charge >= 0.3 is 14.5 Å². The van der Waals surface area contributed by atoms with Gasteiger partial charge in [0, 0.05) is 5.57 Å². The molecule has 0 spiro atoms. The number of hydrogen-bond donors (Lipinski definition) is 0. The Balaban J connectivity index is 5.17. The van der Waals surface area contributed by atoms with Crippen LogP contribution in [-0.4, -0.2) is 54.9 Å². The molecule has 0 atom stereocenters. The molecule has 0 radical (unpaired) electrons. The van der Waals surface area contributed by atoms with Gasteiger partial charge in [-0.05, 0) is 90.1 Å². The summed E-state index contributed by atoms with van der Waals surface area (Å²) in [5.41, 5.74) is 0.507. The second kappa shape index (κ2) is 9.99. The van der Waals surface area contributed by atoms with Gasteiger partial charge in [-0.2, -0.15) is 0 Å². The van der Waals surface area contributed by atoms with Crippen LogP contribution in [0.3, 0.4) is 0 Å². The maximum atomic E-state index is 11.7. The fourth-order valence-corrected chi connectivity index (χ4v) is 27.3. The van der Waals surface area contributed by atoms with Crippen LogP contribution in [0.4, 0.5) is 0 Å². The van der Waals surface area contributed by atoms with E-state index in [-0.39, 0.29) is 5.97 Å². The summed E-state index contributed by atoms with van der Waals surface area (Å²) in [6, 6.07) is 2.57. The molecule has 0 aliphatic rings. The summed E-state index contributed by atoms with van der Waals surface area (Å²) in [4.78, 5) is 11.7. The predicted molar refractivity (Wildman–Crippen MR) is 132 cm³/mol. The molecule has 166 valence electrons. The highest BCUT2D eigenvalue weighted by molar-refractivity contribution is 6.89. The molecule has 0 aliphatic heterocycles. The summed E-state index contributed by atoms with van der Waals surface area (Å²) in [5.74, 6) is -0.337. The molecule has 0 aliphatic carbocycles. The zero-order chi connectivity index (χ0) is 22.6. The van der Waals surface area contributed by atoms with Crippen molar-refractivity contribution in [3.8, 4) is 0 Å². The van der Waals surface area contributed by atoms with E-state index in [2.05, 4.69) is 78.6 Å². The smallest absolute Gasteiger partial charge is 0.332 e. The van der Waals surface area contributed by atoms with E-state index in [0.29, 0.717) is 11.6 Å². The lowest BCUT2D eigenvalue weighted by Crippen LogP contribution is -2.54. The quantitative estimate of drug-likeness (QED) is 0.197. The number of carbonyl (C=O) groups is 1. The monoisotopic (exact) mass is 480 g/mol. The molecule has 0 unspecified atom stereocenters. The molecule has 10 heteroatoms. The Hall–Kier alpha value is 0.174. The Morgan fingerprint density at radius 3 is 1.50 bits per heavy atom. The average Bonchev–Trinajstić information content (AvgIpc) is 2.38. The van der Waals surface area contributed by atoms with Crippen molar-refractivity contribution in [2.24, 2.45) is 0 Å². The van der Waals surface area contributed by atoms with Crippen molar-refractivity contribution in [2.75, 3.05) is 7.11 Å². The summed E-state index contributed by atoms with van der Waals surface area (Å²) in [6.07, 6.45) is 0. The Labute approximate surface area is 179 Å². The van der Waals surface area contributed by atoms with E-state index in [9.17, 15) is 4.79 Å². The summed E-state index contributed by atoms with van der Waals surface area (Å²) >= 11 is 0. The Bertz CT molecular complexity index is 534. The maximum absolute atomic E-state index is 11.7. The number of hydrogen-bond acceptors (Lipinski definition) is 5. The fraction of sp³-hybridized carbons (Fsp3) is 0.833. The van der Waals surface area contributed by atoms with Crippen molar-refractivity contribution in [3.63, 3.8) is 0 Å². The second-order valence-corrected chi connectivity index (χ2v) is 32.5. The molecule has 5 nitrogen and oxygen atoms in total. The van der Waals surface area contributed by atoms with E-state index in [1.165, 1.54) is 7.11 Å². The standard InChI is InChI=1S/C18H44O5Si5/c1-17(18(19)20-2)16-27(11,12)23-26(9,10)14-15-28(13,21-24(3,4)5)22-25(6,7)8/h1,14-16H2,2-13H3. The van der Waals surface area contributed by atoms with E-state index in [0.717, 1.165) is 12.1 Å². The number of methoxy groups -OCH3 is 1. The minimum atomic E-state index is -2.26. The van der Waals surface area contributed by atoms with E-state index in [1.807, 2.05) is 0 Å².